The molecule has 0 fully saturated rings. The molecular weight excluding hydrogens is 310 g/mol. The second-order valence-electron chi connectivity index (χ2n) is 6.05. The smallest absolute Gasteiger partial charge is 0.340 e. The molecule has 0 bridgehead atoms. The third kappa shape index (κ3) is 6.92. The first kappa shape index (κ1) is 18.9. The van der Waals surface area contributed by atoms with Crippen molar-refractivity contribution in [1.29, 1.82) is 0 Å². The van der Waals surface area contributed by atoms with E-state index in [2.05, 4.69) is 24.0 Å². The number of unbranched alkanes of at least 4 members (excludes halogenated alkanes) is 3. The number of hydrogen-bond acceptors (Lipinski definition) is 3. The number of rotatable bonds is 10. The van der Waals surface area contributed by atoms with Crippen molar-refractivity contribution in [1.82, 2.24) is 0 Å². The van der Waals surface area contributed by atoms with Crippen LogP contribution >= 0.6 is 0 Å². The van der Waals surface area contributed by atoms with Crippen LogP contribution in [0.4, 0.5) is 5.69 Å². The number of carbonyl (C=O) groups excluding carboxylic acids is 1. The summed E-state index contributed by atoms with van der Waals surface area (Å²) in [6.45, 7) is 2.60. The quantitative estimate of drug-likeness (QED) is 0.314. The summed E-state index contributed by atoms with van der Waals surface area (Å²) in [7, 11) is 0. The van der Waals surface area contributed by atoms with E-state index >= 15 is 0 Å². The Kier molecular flexibility index (Phi) is 8.46. The third-order valence-corrected chi connectivity index (χ3v) is 3.98. The van der Waals surface area contributed by atoms with Gasteiger partial charge in [-0.05, 0) is 43.4 Å². The monoisotopic (exact) mass is 337 g/mol. The second kappa shape index (κ2) is 11.2. The van der Waals surface area contributed by atoms with E-state index in [0.717, 1.165) is 25.7 Å². The molecule has 2 aromatic carbocycles. The van der Waals surface area contributed by atoms with Gasteiger partial charge in [0.25, 0.3) is 0 Å². The molecule has 0 saturated carbocycles. The summed E-state index contributed by atoms with van der Waals surface area (Å²) < 4.78 is 5.42. The maximum absolute atomic E-state index is 12.3. The number of nitrogens with zero attached hydrogens (tertiary/aromatic N) is 1. The Balaban J connectivity index is 1.82. The number of aliphatic imine (C=N–C) groups is 1. The van der Waals surface area contributed by atoms with Crippen LogP contribution in [-0.4, -0.2) is 18.8 Å². The Morgan fingerprint density at radius 1 is 1.00 bits per heavy atom. The van der Waals surface area contributed by atoms with Gasteiger partial charge in [-0.2, -0.15) is 0 Å². The number of aryl methyl sites for hydroxylation is 1. The molecule has 0 spiro atoms. The Labute approximate surface area is 150 Å². The van der Waals surface area contributed by atoms with Gasteiger partial charge in [-0.3, -0.25) is 4.99 Å². The summed E-state index contributed by atoms with van der Waals surface area (Å²) >= 11 is 0. The van der Waals surface area contributed by atoms with E-state index in [9.17, 15) is 4.79 Å². The van der Waals surface area contributed by atoms with E-state index in [1.54, 1.807) is 6.07 Å². The van der Waals surface area contributed by atoms with Crippen molar-refractivity contribution in [2.45, 2.75) is 45.4 Å². The average Bonchev–Trinajstić information content (AvgIpc) is 2.66. The van der Waals surface area contributed by atoms with Crippen molar-refractivity contribution >= 4 is 17.9 Å². The molecule has 0 saturated heterocycles. The molecular formula is C22H27NO2. The number of carbonyl (C=O) groups is 1. The predicted octanol–water partition coefficient (Wildman–Crippen LogP) is 5.76. The van der Waals surface area contributed by atoms with Crippen LogP contribution in [0.3, 0.4) is 0 Å². The minimum atomic E-state index is -0.297. The van der Waals surface area contributed by atoms with Crippen molar-refractivity contribution in [3.8, 4) is 0 Å². The highest BCUT2D eigenvalue weighted by Gasteiger charge is 2.11. The third-order valence-electron chi connectivity index (χ3n) is 3.98. The predicted molar refractivity (Wildman–Crippen MR) is 104 cm³/mol. The van der Waals surface area contributed by atoms with E-state index in [4.69, 9.17) is 4.74 Å². The van der Waals surface area contributed by atoms with Gasteiger partial charge in [0.1, 0.15) is 0 Å². The highest BCUT2D eigenvalue weighted by Crippen LogP contribution is 2.19. The van der Waals surface area contributed by atoms with Crippen LogP contribution in [0.25, 0.3) is 0 Å². The van der Waals surface area contributed by atoms with Crippen LogP contribution in [0.1, 0.15) is 54.9 Å². The van der Waals surface area contributed by atoms with Crippen LogP contribution in [0.5, 0.6) is 0 Å². The number of para-hydroxylation sites is 1. The molecule has 0 aromatic heterocycles. The van der Waals surface area contributed by atoms with Crippen molar-refractivity contribution in [2.75, 3.05) is 6.61 Å². The molecule has 2 rings (SSSR count). The highest BCUT2D eigenvalue weighted by atomic mass is 16.5. The molecule has 132 valence electrons. The first-order valence-electron chi connectivity index (χ1n) is 9.14. The fourth-order valence-corrected chi connectivity index (χ4v) is 2.57. The lowest BCUT2D eigenvalue weighted by Gasteiger charge is -2.07. The van der Waals surface area contributed by atoms with E-state index in [-0.39, 0.29) is 5.97 Å². The number of benzene rings is 2. The first-order chi connectivity index (χ1) is 12.3. The summed E-state index contributed by atoms with van der Waals surface area (Å²) in [5.74, 6) is -0.297. The van der Waals surface area contributed by atoms with E-state index in [0.29, 0.717) is 17.9 Å². The van der Waals surface area contributed by atoms with E-state index in [1.165, 1.54) is 18.4 Å². The molecule has 0 unspecified atom stereocenters. The topological polar surface area (TPSA) is 38.7 Å². The second-order valence-corrected chi connectivity index (χ2v) is 6.05. The van der Waals surface area contributed by atoms with Crippen molar-refractivity contribution in [2.24, 2.45) is 4.99 Å². The Morgan fingerprint density at radius 3 is 2.56 bits per heavy atom. The van der Waals surface area contributed by atoms with Crippen LogP contribution in [0, 0.1) is 0 Å². The summed E-state index contributed by atoms with van der Waals surface area (Å²) in [6.07, 6.45) is 8.10. The number of hydrogen-bond donors (Lipinski definition) is 0. The van der Waals surface area contributed by atoms with E-state index < -0.39 is 0 Å². The summed E-state index contributed by atoms with van der Waals surface area (Å²) in [5.41, 5.74) is 2.48. The lowest BCUT2D eigenvalue weighted by Crippen LogP contribution is -2.07. The molecule has 25 heavy (non-hydrogen) atoms. The molecule has 0 aliphatic heterocycles. The van der Waals surface area contributed by atoms with Gasteiger partial charge in [-0.25, -0.2) is 4.79 Å². The molecule has 3 heteroatoms. The lowest BCUT2D eigenvalue weighted by atomic mass is 10.1. The van der Waals surface area contributed by atoms with Crippen molar-refractivity contribution in [3.05, 3.63) is 65.7 Å². The van der Waals surface area contributed by atoms with Gasteiger partial charge in [-0.1, -0.05) is 62.2 Å². The maximum Gasteiger partial charge on any atom is 0.340 e. The lowest BCUT2D eigenvalue weighted by molar-refractivity contribution is 0.0501. The Morgan fingerprint density at radius 2 is 1.76 bits per heavy atom. The van der Waals surface area contributed by atoms with Crippen molar-refractivity contribution in [3.63, 3.8) is 0 Å². The zero-order valence-corrected chi connectivity index (χ0v) is 15.0. The van der Waals surface area contributed by atoms with Gasteiger partial charge in [-0.15, -0.1) is 0 Å². The maximum atomic E-state index is 12.3. The van der Waals surface area contributed by atoms with Gasteiger partial charge < -0.3 is 4.74 Å². The minimum absolute atomic E-state index is 0.297. The Bertz CT molecular complexity index is 665. The molecule has 0 heterocycles. The summed E-state index contributed by atoms with van der Waals surface area (Å²) in [5, 5.41) is 0. The molecule has 0 radical (unpaired) electrons. The minimum Gasteiger partial charge on any atom is -0.462 e. The van der Waals surface area contributed by atoms with Gasteiger partial charge >= 0.3 is 5.97 Å². The fourth-order valence-electron chi connectivity index (χ4n) is 2.57. The molecule has 0 N–H and O–H groups in total. The van der Waals surface area contributed by atoms with E-state index in [1.807, 2.05) is 42.6 Å². The van der Waals surface area contributed by atoms with Gasteiger partial charge in [0.15, 0.2) is 0 Å². The first-order valence-corrected chi connectivity index (χ1v) is 9.14. The average molecular weight is 337 g/mol. The summed E-state index contributed by atoms with van der Waals surface area (Å²) in [4.78, 5) is 16.8. The molecule has 3 nitrogen and oxygen atoms in total. The SMILES string of the molecule is CCCCC/C=N/c1ccccc1C(=O)OCCCc1ccccc1. The van der Waals surface area contributed by atoms with Crippen LogP contribution < -0.4 is 0 Å². The largest absolute Gasteiger partial charge is 0.462 e. The fraction of sp³-hybridized carbons (Fsp3) is 0.364. The van der Waals surface area contributed by atoms with Gasteiger partial charge in [0.05, 0.1) is 17.9 Å². The van der Waals surface area contributed by atoms with Gasteiger partial charge in [0, 0.05) is 6.21 Å². The Hall–Kier alpha value is -2.42. The molecule has 0 amide bonds. The molecule has 2 aromatic rings. The molecule has 0 aliphatic rings. The van der Waals surface area contributed by atoms with Crippen LogP contribution in [-0.2, 0) is 11.2 Å². The number of esters is 1. The zero-order valence-electron chi connectivity index (χ0n) is 15.0. The van der Waals surface area contributed by atoms with Crippen LogP contribution in [0.2, 0.25) is 0 Å². The zero-order chi connectivity index (χ0) is 17.7. The molecule has 0 atom stereocenters. The van der Waals surface area contributed by atoms with Gasteiger partial charge in [0.2, 0.25) is 0 Å². The normalized spacial score (nSPS) is 10.9. The summed E-state index contributed by atoms with van der Waals surface area (Å²) in [6, 6.07) is 17.6. The highest BCUT2D eigenvalue weighted by molar-refractivity contribution is 5.95. The van der Waals surface area contributed by atoms with Crippen molar-refractivity contribution < 1.29 is 9.53 Å². The standard InChI is InChI=1S/C22H27NO2/c1-2-3-4-10-17-23-21-16-9-8-15-20(21)22(24)25-18-11-14-19-12-6-5-7-13-19/h5-9,12-13,15-17H,2-4,10-11,14,18H2,1H3/b23-17+. The number of ether oxygens (including phenoxy) is 1. The molecule has 0 aliphatic carbocycles. The van der Waals surface area contributed by atoms with Crippen LogP contribution in [0.15, 0.2) is 59.6 Å².